The van der Waals surface area contributed by atoms with Crippen molar-refractivity contribution in [1.82, 2.24) is 5.32 Å². The van der Waals surface area contributed by atoms with Crippen LogP contribution >= 0.6 is 0 Å². The van der Waals surface area contributed by atoms with Gasteiger partial charge < -0.3 is 14.8 Å². The molecule has 0 radical (unpaired) electrons. The van der Waals surface area contributed by atoms with Gasteiger partial charge in [0.1, 0.15) is 0 Å². The zero-order valence-electron chi connectivity index (χ0n) is 33.2. The van der Waals surface area contributed by atoms with Crippen LogP contribution in [0.3, 0.4) is 0 Å². The minimum absolute atomic E-state index is 0.0188. The summed E-state index contributed by atoms with van der Waals surface area (Å²) < 4.78 is 12.0. The lowest BCUT2D eigenvalue weighted by atomic mass is 9.93. The van der Waals surface area contributed by atoms with Crippen molar-refractivity contribution in [2.75, 3.05) is 26.8 Å². The minimum atomic E-state index is -0.105. The van der Waals surface area contributed by atoms with Crippen LogP contribution in [0.1, 0.15) is 234 Å². The summed E-state index contributed by atoms with van der Waals surface area (Å²) >= 11 is 0. The van der Waals surface area contributed by atoms with Crippen LogP contribution in [0.15, 0.2) is 0 Å². The van der Waals surface area contributed by atoms with Gasteiger partial charge in [0.05, 0.1) is 17.8 Å². The second-order valence-electron chi connectivity index (χ2n) is 15.9. The van der Waals surface area contributed by atoms with Gasteiger partial charge in [-0.2, -0.15) is 0 Å². The molecular weight excluding hydrogens is 562 g/mol. The largest absolute Gasteiger partial charge is 0.379 e. The highest BCUT2D eigenvalue weighted by molar-refractivity contribution is 4.76. The third-order valence-electron chi connectivity index (χ3n) is 10.9. The van der Waals surface area contributed by atoms with Gasteiger partial charge in [-0.15, -0.1) is 0 Å². The van der Waals surface area contributed by atoms with Gasteiger partial charge in [0.25, 0.3) is 0 Å². The summed E-state index contributed by atoms with van der Waals surface area (Å²) in [6.07, 6.45) is 41.8. The van der Waals surface area contributed by atoms with Crippen LogP contribution in [0, 0.1) is 5.92 Å². The number of ether oxygens (including phenoxy) is 2. The van der Waals surface area contributed by atoms with Gasteiger partial charge in [-0.25, -0.2) is 0 Å². The third-order valence-corrected chi connectivity index (χ3v) is 10.9. The standard InChI is InChI=1S/C43H89NO2/c1-8-11-13-15-17-19-21-23-25-27-29-31-34-41(35-32-30-28-26-24-22-20-18-16-14-12-9-2)40-44-38-33-36-43(6,10-3)46-39-37-42(4,5)45-7/h41,44H,8-40H2,1-7H3. The van der Waals surface area contributed by atoms with Crippen LogP contribution in [-0.2, 0) is 9.47 Å². The molecule has 46 heavy (non-hydrogen) atoms. The van der Waals surface area contributed by atoms with Crippen molar-refractivity contribution in [1.29, 1.82) is 0 Å². The Morgan fingerprint density at radius 1 is 0.500 bits per heavy atom. The molecule has 3 heteroatoms. The molecule has 0 aliphatic carbocycles. The van der Waals surface area contributed by atoms with Crippen molar-refractivity contribution in [2.45, 2.75) is 245 Å². The molecule has 0 saturated heterocycles. The molecule has 0 aliphatic heterocycles. The van der Waals surface area contributed by atoms with Crippen molar-refractivity contribution in [2.24, 2.45) is 5.92 Å². The third kappa shape index (κ3) is 31.2. The lowest BCUT2D eigenvalue weighted by molar-refractivity contribution is -0.0722. The van der Waals surface area contributed by atoms with Gasteiger partial charge in [0, 0.05) is 7.11 Å². The maximum atomic E-state index is 6.39. The fourth-order valence-corrected chi connectivity index (χ4v) is 6.79. The van der Waals surface area contributed by atoms with Gasteiger partial charge in [0.2, 0.25) is 0 Å². The summed E-state index contributed by atoms with van der Waals surface area (Å²) in [4.78, 5) is 0. The second-order valence-corrected chi connectivity index (χ2v) is 15.9. The van der Waals surface area contributed by atoms with Crippen molar-refractivity contribution in [3.05, 3.63) is 0 Å². The van der Waals surface area contributed by atoms with Gasteiger partial charge in [-0.3, -0.25) is 0 Å². The molecule has 3 nitrogen and oxygen atoms in total. The first-order chi connectivity index (χ1) is 22.3. The molecule has 278 valence electrons. The van der Waals surface area contributed by atoms with Crippen LogP contribution in [0.2, 0.25) is 0 Å². The Morgan fingerprint density at radius 2 is 0.891 bits per heavy atom. The van der Waals surface area contributed by atoms with E-state index in [4.69, 9.17) is 9.47 Å². The predicted octanol–water partition coefficient (Wildman–Crippen LogP) is 14.2. The average molecular weight is 652 g/mol. The summed E-state index contributed by atoms with van der Waals surface area (Å²) in [5.74, 6) is 0.858. The zero-order valence-corrected chi connectivity index (χ0v) is 33.2. The van der Waals surface area contributed by atoms with Crippen molar-refractivity contribution in [3.63, 3.8) is 0 Å². The molecule has 0 amide bonds. The normalized spacial score (nSPS) is 13.6. The molecule has 0 aromatic carbocycles. The summed E-state index contributed by atoms with van der Waals surface area (Å²) in [6, 6.07) is 0. The fraction of sp³-hybridized carbons (Fsp3) is 1.00. The Bertz CT molecular complexity index is 565. The lowest BCUT2D eigenvalue weighted by Crippen LogP contribution is -2.33. The van der Waals surface area contributed by atoms with E-state index >= 15 is 0 Å². The molecule has 0 saturated carbocycles. The van der Waals surface area contributed by atoms with E-state index in [1.54, 1.807) is 7.11 Å². The van der Waals surface area contributed by atoms with E-state index in [-0.39, 0.29) is 11.2 Å². The lowest BCUT2D eigenvalue weighted by Gasteiger charge is -2.31. The van der Waals surface area contributed by atoms with E-state index < -0.39 is 0 Å². The van der Waals surface area contributed by atoms with Gasteiger partial charge in [0.15, 0.2) is 0 Å². The quantitative estimate of drug-likeness (QED) is 0.0674. The Kier molecular flexibility index (Phi) is 33.3. The van der Waals surface area contributed by atoms with Gasteiger partial charge in [-0.05, 0) is 78.3 Å². The number of unbranched alkanes of at least 4 members (excludes halogenated alkanes) is 22. The topological polar surface area (TPSA) is 30.5 Å². The molecule has 1 unspecified atom stereocenters. The highest BCUT2D eigenvalue weighted by Gasteiger charge is 2.24. The van der Waals surface area contributed by atoms with E-state index in [1.807, 2.05) is 0 Å². The van der Waals surface area contributed by atoms with Crippen LogP contribution in [0.25, 0.3) is 0 Å². The van der Waals surface area contributed by atoms with Gasteiger partial charge >= 0.3 is 0 Å². The van der Waals surface area contributed by atoms with Gasteiger partial charge in [-0.1, -0.05) is 175 Å². The molecule has 0 spiro atoms. The zero-order chi connectivity index (χ0) is 34.0. The Labute approximate surface area is 292 Å². The van der Waals surface area contributed by atoms with E-state index in [0.717, 1.165) is 38.3 Å². The highest BCUT2D eigenvalue weighted by Crippen LogP contribution is 2.24. The Morgan fingerprint density at radius 3 is 1.26 bits per heavy atom. The van der Waals surface area contributed by atoms with Crippen LogP contribution in [-0.4, -0.2) is 38.0 Å². The molecular formula is C43H89NO2. The molecule has 0 aliphatic rings. The molecule has 0 heterocycles. The van der Waals surface area contributed by atoms with Crippen LogP contribution < -0.4 is 5.32 Å². The molecule has 0 aromatic rings. The first kappa shape index (κ1) is 45.9. The first-order valence-corrected chi connectivity index (χ1v) is 21.2. The monoisotopic (exact) mass is 652 g/mol. The Hall–Kier alpha value is -0.120. The predicted molar refractivity (Wildman–Crippen MR) is 207 cm³/mol. The van der Waals surface area contributed by atoms with Crippen LogP contribution in [0.5, 0.6) is 0 Å². The summed E-state index contributed by atoms with van der Waals surface area (Å²) in [7, 11) is 1.80. The minimum Gasteiger partial charge on any atom is -0.379 e. The van der Waals surface area contributed by atoms with Crippen molar-refractivity contribution >= 4 is 0 Å². The maximum absolute atomic E-state index is 6.39. The molecule has 0 aromatic heterocycles. The summed E-state index contributed by atoms with van der Waals surface area (Å²) in [5.41, 5.74) is -0.124. The summed E-state index contributed by atoms with van der Waals surface area (Å²) in [5, 5.41) is 3.88. The first-order valence-electron chi connectivity index (χ1n) is 21.2. The molecule has 1 atom stereocenters. The van der Waals surface area contributed by atoms with E-state index in [9.17, 15) is 0 Å². The molecule has 0 rings (SSSR count). The van der Waals surface area contributed by atoms with E-state index in [1.165, 1.54) is 180 Å². The number of hydrogen-bond acceptors (Lipinski definition) is 3. The highest BCUT2D eigenvalue weighted by atomic mass is 16.5. The Balaban J connectivity index is 4.26. The van der Waals surface area contributed by atoms with E-state index in [0.29, 0.717) is 0 Å². The van der Waals surface area contributed by atoms with Crippen molar-refractivity contribution in [3.8, 4) is 0 Å². The molecule has 0 fully saturated rings. The number of methoxy groups -OCH3 is 1. The van der Waals surface area contributed by atoms with Crippen molar-refractivity contribution < 1.29 is 9.47 Å². The molecule has 1 N–H and O–H groups in total. The fourth-order valence-electron chi connectivity index (χ4n) is 6.79. The second kappa shape index (κ2) is 33.4. The molecule has 0 bridgehead atoms. The maximum Gasteiger partial charge on any atom is 0.0652 e. The number of rotatable bonds is 38. The number of nitrogens with one attached hydrogen (secondary N) is 1. The number of hydrogen-bond donors (Lipinski definition) is 1. The van der Waals surface area contributed by atoms with E-state index in [2.05, 4.69) is 46.9 Å². The smallest absolute Gasteiger partial charge is 0.0652 e. The average Bonchev–Trinajstić information content (AvgIpc) is 3.05. The summed E-state index contributed by atoms with van der Waals surface area (Å²) in [6.45, 7) is 16.6. The SMILES string of the molecule is CCCCCCCCCCCCCCC(CCCCCCCCCCCCCC)CNCCCC(C)(CC)OCCC(C)(C)OC. The van der Waals surface area contributed by atoms with Crippen LogP contribution in [0.4, 0.5) is 0 Å².